The summed E-state index contributed by atoms with van der Waals surface area (Å²) in [7, 11) is -0.456. The maximum Gasteiger partial charge on any atom is 0.496 e. The molecule has 0 spiro atoms. The van der Waals surface area contributed by atoms with Gasteiger partial charge in [-0.2, -0.15) is 0 Å². The van der Waals surface area contributed by atoms with Crippen LogP contribution in [0.1, 0.15) is 60.5 Å². The minimum Gasteiger partial charge on any atom is -0.444 e. The van der Waals surface area contributed by atoms with Crippen molar-refractivity contribution < 1.29 is 23.6 Å². The molecule has 3 aliphatic rings. The second kappa shape index (κ2) is 7.61. The lowest BCUT2D eigenvalue weighted by molar-refractivity contribution is -0.0510. The number of fused-ring (bicyclic) bond motifs is 2. The van der Waals surface area contributed by atoms with Crippen molar-refractivity contribution in [1.82, 2.24) is 9.88 Å². The Hall–Kier alpha value is -1.90. The highest BCUT2D eigenvalue weighted by molar-refractivity contribution is 6.62. The molecule has 2 unspecified atom stereocenters. The average molecular weight is 428 g/mol. The molecule has 0 aromatic carbocycles. The number of rotatable bonds is 2. The van der Waals surface area contributed by atoms with Crippen molar-refractivity contribution in [2.45, 2.75) is 83.8 Å². The fraction of sp³-hybridized carbons (Fsp3) is 0.652. The van der Waals surface area contributed by atoms with Gasteiger partial charge in [0.1, 0.15) is 5.60 Å². The van der Waals surface area contributed by atoms with Crippen molar-refractivity contribution in [2.24, 2.45) is 0 Å². The highest BCUT2D eigenvalue weighted by Crippen LogP contribution is 2.37. The summed E-state index contributed by atoms with van der Waals surface area (Å²) in [5, 5.41) is 0. The van der Waals surface area contributed by atoms with Crippen molar-refractivity contribution in [2.75, 3.05) is 13.2 Å². The Morgan fingerprint density at radius 3 is 2.45 bits per heavy atom. The number of pyridine rings is 1. The van der Waals surface area contributed by atoms with Crippen LogP contribution in [0.2, 0.25) is 0 Å². The fourth-order valence-corrected chi connectivity index (χ4v) is 4.15. The van der Waals surface area contributed by atoms with E-state index in [9.17, 15) is 4.79 Å². The number of carbonyl (C=O) groups is 1. The van der Waals surface area contributed by atoms with E-state index in [1.807, 2.05) is 59.6 Å². The van der Waals surface area contributed by atoms with Crippen molar-refractivity contribution in [3.63, 3.8) is 0 Å². The Morgan fingerprint density at radius 1 is 1.16 bits per heavy atom. The second-order valence-corrected chi connectivity index (χ2v) is 10.6. The number of morpholine rings is 1. The van der Waals surface area contributed by atoms with E-state index >= 15 is 0 Å². The van der Waals surface area contributed by atoms with Crippen LogP contribution in [-0.4, -0.2) is 65.2 Å². The molecule has 1 aromatic heterocycles. The van der Waals surface area contributed by atoms with Gasteiger partial charge in [0.05, 0.1) is 36.5 Å². The summed E-state index contributed by atoms with van der Waals surface area (Å²) < 4.78 is 23.8. The number of hydrogen-bond donors (Lipinski definition) is 0. The molecule has 0 aliphatic carbocycles. The number of aromatic nitrogens is 1. The van der Waals surface area contributed by atoms with Gasteiger partial charge in [-0.1, -0.05) is 12.1 Å². The Labute approximate surface area is 185 Å². The van der Waals surface area contributed by atoms with E-state index in [1.165, 1.54) is 0 Å². The predicted octanol–water partition coefficient (Wildman–Crippen LogP) is 3.17. The second-order valence-electron chi connectivity index (χ2n) is 10.6. The lowest BCUT2D eigenvalue weighted by Crippen LogP contribution is -2.57. The van der Waals surface area contributed by atoms with Crippen LogP contribution in [0.5, 0.6) is 0 Å². The number of amides is 1. The zero-order chi connectivity index (χ0) is 22.6. The van der Waals surface area contributed by atoms with E-state index in [1.54, 1.807) is 6.20 Å². The molecule has 168 valence electrons. The first-order valence-electron chi connectivity index (χ1n) is 11.0. The highest BCUT2D eigenvalue weighted by Gasteiger charge is 2.52. The molecule has 2 saturated heterocycles. The van der Waals surface area contributed by atoms with Crippen molar-refractivity contribution in [1.29, 1.82) is 0 Å². The minimum absolute atomic E-state index is 0.0610. The molecule has 2 bridgehead atoms. The summed E-state index contributed by atoms with van der Waals surface area (Å²) in [6.45, 7) is 14.8. The van der Waals surface area contributed by atoms with Gasteiger partial charge in [-0.3, -0.25) is 9.88 Å². The van der Waals surface area contributed by atoms with Crippen molar-refractivity contribution in [3.8, 4) is 0 Å². The maximum absolute atomic E-state index is 12.8. The van der Waals surface area contributed by atoms with Crippen LogP contribution in [0.15, 0.2) is 24.5 Å². The van der Waals surface area contributed by atoms with E-state index in [4.69, 9.17) is 18.8 Å². The lowest BCUT2D eigenvalue weighted by atomic mass is 9.78. The third kappa shape index (κ3) is 4.38. The van der Waals surface area contributed by atoms with Crippen LogP contribution in [0.4, 0.5) is 4.79 Å². The van der Waals surface area contributed by atoms with Crippen LogP contribution in [0.3, 0.4) is 0 Å². The molecular formula is C23H33BN2O5. The summed E-state index contributed by atoms with van der Waals surface area (Å²) in [6.07, 6.45) is 6.16. The number of hydrogen-bond acceptors (Lipinski definition) is 6. The highest BCUT2D eigenvalue weighted by atomic mass is 16.7. The van der Waals surface area contributed by atoms with Gasteiger partial charge < -0.3 is 18.8 Å². The third-order valence-electron chi connectivity index (χ3n) is 6.46. The fourth-order valence-electron chi connectivity index (χ4n) is 4.15. The van der Waals surface area contributed by atoms with Gasteiger partial charge in [-0.25, -0.2) is 4.79 Å². The summed E-state index contributed by atoms with van der Waals surface area (Å²) in [5.41, 5.74) is 1.74. The van der Waals surface area contributed by atoms with Gasteiger partial charge in [-0.15, -0.1) is 0 Å². The van der Waals surface area contributed by atoms with E-state index in [2.05, 4.69) is 17.1 Å². The molecule has 3 aliphatic heterocycles. The summed E-state index contributed by atoms with van der Waals surface area (Å²) >= 11 is 0. The molecule has 0 saturated carbocycles. The smallest absolute Gasteiger partial charge is 0.444 e. The SMILES string of the molecule is CC(C)(C)OC(=O)N1C2C=C(c3cncc(B4OC(C)(C)C(C)(C)O4)c3)CC1COC2. The summed E-state index contributed by atoms with van der Waals surface area (Å²) in [6, 6.07) is 1.87. The standard InChI is InChI=1S/C23H33BN2O5/c1-21(2,3)29-20(27)26-18-9-15(10-19(26)14-28-13-18)16-8-17(12-25-11-16)24-30-22(4,5)23(6,7)31-24/h8-9,11-12,18-19H,10,13-14H2,1-7H3. The van der Waals surface area contributed by atoms with Crippen LogP contribution in [0, 0.1) is 0 Å². The molecule has 1 amide bonds. The lowest BCUT2D eigenvalue weighted by Gasteiger charge is -2.44. The molecule has 0 N–H and O–H groups in total. The molecule has 31 heavy (non-hydrogen) atoms. The molecule has 0 radical (unpaired) electrons. The van der Waals surface area contributed by atoms with Gasteiger partial charge in [0.25, 0.3) is 0 Å². The van der Waals surface area contributed by atoms with E-state index in [-0.39, 0.29) is 18.2 Å². The number of nitrogens with zero attached hydrogens (tertiary/aromatic N) is 2. The number of carbonyl (C=O) groups excluding carboxylic acids is 1. The van der Waals surface area contributed by atoms with E-state index < -0.39 is 23.9 Å². The first kappa shape index (κ1) is 22.3. The molecule has 4 rings (SSSR count). The molecule has 2 atom stereocenters. The molecular weight excluding hydrogens is 395 g/mol. The predicted molar refractivity (Wildman–Crippen MR) is 119 cm³/mol. The van der Waals surface area contributed by atoms with Gasteiger partial charge in [0, 0.05) is 17.9 Å². The monoisotopic (exact) mass is 428 g/mol. The van der Waals surface area contributed by atoms with Gasteiger partial charge in [0.2, 0.25) is 0 Å². The quantitative estimate of drug-likeness (QED) is 0.674. The average Bonchev–Trinajstić information content (AvgIpc) is 2.87. The topological polar surface area (TPSA) is 70.1 Å². The van der Waals surface area contributed by atoms with Gasteiger partial charge in [0.15, 0.2) is 0 Å². The normalized spacial score (nSPS) is 27.1. The maximum atomic E-state index is 12.8. The molecule has 2 fully saturated rings. The Morgan fingerprint density at radius 2 is 1.84 bits per heavy atom. The number of ether oxygens (including phenoxy) is 2. The zero-order valence-electron chi connectivity index (χ0n) is 19.6. The van der Waals surface area contributed by atoms with E-state index in [0.717, 1.165) is 16.6 Å². The van der Waals surface area contributed by atoms with Crippen LogP contribution in [-0.2, 0) is 18.8 Å². The zero-order valence-corrected chi connectivity index (χ0v) is 19.6. The van der Waals surface area contributed by atoms with E-state index in [0.29, 0.717) is 19.6 Å². The Kier molecular flexibility index (Phi) is 5.47. The largest absolute Gasteiger partial charge is 0.496 e. The Bertz CT molecular complexity index is 876. The Balaban J connectivity index is 1.57. The van der Waals surface area contributed by atoms with Gasteiger partial charge >= 0.3 is 13.2 Å². The summed E-state index contributed by atoms with van der Waals surface area (Å²) in [5.74, 6) is 0. The van der Waals surface area contributed by atoms with Gasteiger partial charge in [-0.05, 0) is 66.0 Å². The summed E-state index contributed by atoms with van der Waals surface area (Å²) in [4.78, 5) is 19.1. The third-order valence-corrected chi connectivity index (χ3v) is 6.46. The minimum atomic E-state index is -0.530. The first-order chi connectivity index (χ1) is 14.4. The van der Waals surface area contributed by atoms with Crippen LogP contribution in [0.25, 0.3) is 5.57 Å². The molecule has 4 heterocycles. The van der Waals surface area contributed by atoms with Crippen molar-refractivity contribution in [3.05, 3.63) is 30.1 Å². The molecule has 1 aromatic rings. The van der Waals surface area contributed by atoms with Crippen LogP contribution >= 0.6 is 0 Å². The van der Waals surface area contributed by atoms with Crippen molar-refractivity contribution >= 4 is 24.2 Å². The molecule has 8 heteroatoms. The molecule has 7 nitrogen and oxygen atoms in total. The first-order valence-corrected chi connectivity index (χ1v) is 11.0. The van der Waals surface area contributed by atoms with Crippen LogP contribution < -0.4 is 5.46 Å².